The van der Waals surface area contributed by atoms with E-state index in [0.29, 0.717) is 12.1 Å². The lowest BCUT2D eigenvalue weighted by molar-refractivity contribution is 0.107. The monoisotopic (exact) mass is 263 g/mol. The standard InChI is InChI=1S/C13H12ClN2O2/c1-3-9-8-12(13(14)17)16(15-9)10-4-6-11(18-2)7-5-10/h4-8H,1,3H2,2H3. The van der Waals surface area contributed by atoms with Gasteiger partial charge in [-0.15, -0.1) is 0 Å². The average Bonchev–Trinajstić information content (AvgIpc) is 2.83. The van der Waals surface area contributed by atoms with Gasteiger partial charge in [0.05, 0.1) is 18.5 Å². The molecule has 1 aromatic carbocycles. The topological polar surface area (TPSA) is 44.1 Å². The molecule has 0 saturated carbocycles. The largest absolute Gasteiger partial charge is 0.497 e. The van der Waals surface area contributed by atoms with Crippen molar-refractivity contribution in [3.8, 4) is 11.4 Å². The molecular weight excluding hydrogens is 252 g/mol. The van der Waals surface area contributed by atoms with Gasteiger partial charge in [-0.3, -0.25) is 4.79 Å². The normalized spacial score (nSPS) is 10.4. The fraction of sp³-hybridized carbons (Fsp3) is 0.154. The molecule has 0 unspecified atom stereocenters. The first-order valence-electron chi connectivity index (χ1n) is 5.38. The molecule has 93 valence electrons. The van der Waals surface area contributed by atoms with Crippen LogP contribution in [0.15, 0.2) is 30.3 Å². The second-order valence-corrected chi connectivity index (χ2v) is 4.00. The molecule has 0 aliphatic rings. The van der Waals surface area contributed by atoms with Crippen LogP contribution in [0.25, 0.3) is 5.69 Å². The second-order valence-electron chi connectivity index (χ2n) is 3.65. The van der Waals surface area contributed by atoms with Crippen LogP contribution in [-0.4, -0.2) is 22.1 Å². The molecule has 0 spiro atoms. The Morgan fingerprint density at radius 3 is 2.61 bits per heavy atom. The fourth-order valence-corrected chi connectivity index (χ4v) is 1.75. The number of nitrogens with zero attached hydrogens (tertiary/aromatic N) is 2. The number of aromatic nitrogens is 2. The maximum Gasteiger partial charge on any atom is 0.270 e. The van der Waals surface area contributed by atoms with E-state index >= 15 is 0 Å². The van der Waals surface area contributed by atoms with E-state index < -0.39 is 5.24 Å². The Labute approximate surface area is 110 Å². The fourth-order valence-electron chi connectivity index (χ4n) is 1.61. The van der Waals surface area contributed by atoms with Gasteiger partial charge in [0.25, 0.3) is 5.24 Å². The quantitative estimate of drug-likeness (QED) is 0.797. The molecular formula is C13H12ClN2O2. The third kappa shape index (κ3) is 2.38. The van der Waals surface area contributed by atoms with Crippen molar-refractivity contribution < 1.29 is 9.53 Å². The van der Waals surface area contributed by atoms with Gasteiger partial charge < -0.3 is 4.74 Å². The Balaban J connectivity index is 2.47. The van der Waals surface area contributed by atoms with Crippen LogP contribution >= 0.6 is 11.6 Å². The highest BCUT2D eigenvalue weighted by Gasteiger charge is 2.14. The van der Waals surface area contributed by atoms with Crippen LogP contribution in [0, 0.1) is 6.92 Å². The van der Waals surface area contributed by atoms with Crippen molar-refractivity contribution >= 4 is 16.8 Å². The Morgan fingerprint density at radius 1 is 1.44 bits per heavy atom. The number of ether oxygens (including phenoxy) is 1. The van der Waals surface area contributed by atoms with Gasteiger partial charge >= 0.3 is 0 Å². The van der Waals surface area contributed by atoms with Crippen LogP contribution in [0.5, 0.6) is 5.75 Å². The van der Waals surface area contributed by atoms with Gasteiger partial charge in [-0.25, -0.2) is 4.68 Å². The second kappa shape index (κ2) is 5.23. The van der Waals surface area contributed by atoms with Crippen LogP contribution in [0.3, 0.4) is 0 Å². The Bertz CT molecular complexity index is 561. The molecule has 0 saturated heterocycles. The molecule has 1 heterocycles. The predicted molar refractivity (Wildman–Crippen MR) is 69.4 cm³/mol. The van der Waals surface area contributed by atoms with Crippen LogP contribution in [0.4, 0.5) is 0 Å². The summed E-state index contributed by atoms with van der Waals surface area (Å²) in [5.41, 5.74) is 1.80. The molecule has 4 nitrogen and oxygen atoms in total. The number of halogens is 1. The first kappa shape index (κ1) is 12.6. The molecule has 2 rings (SSSR count). The van der Waals surface area contributed by atoms with Gasteiger partial charge in [0.2, 0.25) is 0 Å². The van der Waals surface area contributed by atoms with E-state index in [-0.39, 0.29) is 0 Å². The Hall–Kier alpha value is -1.81. The van der Waals surface area contributed by atoms with E-state index in [9.17, 15) is 4.79 Å². The van der Waals surface area contributed by atoms with Gasteiger partial charge in [0.1, 0.15) is 11.4 Å². The van der Waals surface area contributed by atoms with E-state index in [1.54, 1.807) is 25.3 Å². The lowest BCUT2D eigenvalue weighted by Gasteiger charge is -2.05. The molecule has 0 atom stereocenters. The Morgan fingerprint density at radius 2 is 2.11 bits per heavy atom. The summed E-state index contributed by atoms with van der Waals surface area (Å²) >= 11 is 5.54. The van der Waals surface area contributed by atoms with Crippen molar-refractivity contribution in [3.05, 3.63) is 48.6 Å². The summed E-state index contributed by atoms with van der Waals surface area (Å²) in [6, 6.07) is 8.85. The molecule has 0 N–H and O–H groups in total. The maximum atomic E-state index is 11.4. The van der Waals surface area contributed by atoms with E-state index in [4.69, 9.17) is 16.3 Å². The first-order valence-corrected chi connectivity index (χ1v) is 5.76. The number of carbonyl (C=O) groups excluding carboxylic acids is 1. The number of hydrogen-bond donors (Lipinski definition) is 0. The van der Waals surface area contributed by atoms with Crippen molar-refractivity contribution in [2.75, 3.05) is 7.11 Å². The zero-order valence-electron chi connectivity index (χ0n) is 9.89. The maximum absolute atomic E-state index is 11.4. The minimum atomic E-state index is -0.544. The van der Waals surface area contributed by atoms with E-state index in [0.717, 1.165) is 17.1 Å². The van der Waals surface area contributed by atoms with Crippen LogP contribution < -0.4 is 4.74 Å². The molecule has 0 aliphatic heterocycles. The third-order valence-electron chi connectivity index (χ3n) is 2.53. The van der Waals surface area contributed by atoms with E-state index in [1.807, 2.05) is 12.1 Å². The molecule has 5 heteroatoms. The molecule has 18 heavy (non-hydrogen) atoms. The summed E-state index contributed by atoms with van der Waals surface area (Å²) < 4.78 is 6.59. The van der Waals surface area contributed by atoms with E-state index in [1.165, 1.54) is 4.68 Å². The number of hydrogen-bond acceptors (Lipinski definition) is 3. The minimum Gasteiger partial charge on any atom is -0.497 e. The molecule has 2 aromatic rings. The molecule has 1 aromatic heterocycles. The van der Waals surface area contributed by atoms with Crippen molar-refractivity contribution in [2.45, 2.75) is 6.42 Å². The smallest absolute Gasteiger partial charge is 0.270 e. The van der Waals surface area contributed by atoms with Crippen molar-refractivity contribution in [1.82, 2.24) is 9.78 Å². The number of benzene rings is 1. The highest BCUT2D eigenvalue weighted by molar-refractivity contribution is 6.67. The molecule has 0 amide bonds. The highest BCUT2D eigenvalue weighted by Crippen LogP contribution is 2.18. The average molecular weight is 264 g/mol. The van der Waals surface area contributed by atoms with Gasteiger partial charge in [-0.1, -0.05) is 0 Å². The van der Waals surface area contributed by atoms with Crippen molar-refractivity contribution in [2.24, 2.45) is 0 Å². The molecule has 0 bridgehead atoms. The zero-order valence-corrected chi connectivity index (χ0v) is 10.6. The predicted octanol–water partition coefficient (Wildman–Crippen LogP) is 2.64. The van der Waals surface area contributed by atoms with Crippen LogP contribution in [0.1, 0.15) is 16.2 Å². The Kier molecular flexibility index (Phi) is 3.67. The van der Waals surface area contributed by atoms with Gasteiger partial charge in [0, 0.05) is 0 Å². The van der Waals surface area contributed by atoms with Crippen LogP contribution in [0.2, 0.25) is 0 Å². The zero-order chi connectivity index (χ0) is 13.1. The first-order chi connectivity index (χ1) is 8.65. The summed E-state index contributed by atoms with van der Waals surface area (Å²) in [6.07, 6.45) is 0.500. The highest BCUT2D eigenvalue weighted by atomic mass is 35.5. The summed E-state index contributed by atoms with van der Waals surface area (Å²) in [6.45, 7) is 3.74. The van der Waals surface area contributed by atoms with E-state index in [2.05, 4.69) is 12.0 Å². The lowest BCUT2D eigenvalue weighted by Crippen LogP contribution is -2.04. The molecule has 0 aliphatic carbocycles. The summed E-state index contributed by atoms with van der Waals surface area (Å²) in [7, 11) is 1.59. The van der Waals surface area contributed by atoms with Gasteiger partial charge in [-0.05, 0) is 55.3 Å². The number of methoxy groups -OCH3 is 1. The van der Waals surface area contributed by atoms with Crippen LogP contribution in [-0.2, 0) is 6.42 Å². The number of carbonyl (C=O) groups is 1. The van der Waals surface area contributed by atoms with Crippen molar-refractivity contribution in [1.29, 1.82) is 0 Å². The van der Waals surface area contributed by atoms with Gasteiger partial charge in [-0.2, -0.15) is 5.10 Å². The minimum absolute atomic E-state index is 0.334. The molecule has 1 radical (unpaired) electrons. The third-order valence-corrected chi connectivity index (χ3v) is 2.73. The summed E-state index contributed by atoms with van der Waals surface area (Å²) in [5, 5.41) is 3.74. The lowest BCUT2D eigenvalue weighted by atomic mass is 10.3. The molecule has 0 fully saturated rings. The SMILES string of the molecule is [CH2]Cc1cc(C(=O)Cl)n(-c2ccc(OC)cc2)n1. The number of rotatable bonds is 4. The summed E-state index contributed by atoms with van der Waals surface area (Å²) in [4.78, 5) is 11.4. The summed E-state index contributed by atoms with van der Waals surface area (Å²) in [5.74, 6) is 0.738. The van der Waals surface area contributed by atoms with Gasteiger partial charge in [0.15, 0.2) is 0 Å². The van der Waals surface area contributed by atoms with Crippen molar-refractivity contribution in [3.63, 3.8) is 0 Å².